The van der Waals surface area contributed by atoms with Gasteiger partial charge in [-0.15, -0.1) is 0 Å². The van der Waals surface area contributed by atoms with E-state index in [0.29, 0.717) is 0 Å². The highest BCUT2D eigenvalue weighted by molar-refractivity contribution is 5.77. The number of para-hydroxylation sites is 1. The number of rotatable bonds is 5. The van der Waals surface area contributed by atoms with E-state index in [0.717, 1.165) is 17.7 Å². The lowest BCUT2D eigenvalue weighted by molar-refractivity contribution is -0.155. The number of aliphatic hydroxyl groups is 1. The van der Waals surface area contributed by atoms with Crippen LogP contribution in [0.5, 0.6) is 0 Å². The minimum Gasteiger partial charge on any atom is -0.479 e. The molecule has 1 rings (SSSR count). The topological polar surface area (TPSA) is 69.6 Å². The van der Waals surface area contributed by atoms with E-state index in [1.807, 2.05) is 31.2 Å². The second-order valence-corrected chi connectivity index (χ2v) is 3.94. The first-order valence-corrected chi connectivity index (χ1v) is 5.25. The Hall–Kier alpha value is -1.55. The SMILES string of the molecule is CCc1ccccc1NCC(C)(O)C(=O)O. The van der Waals surface area contributed by atoms with Crippen molar-refractivity contribution in [3.8, 4) is 0 Å². The van der Waals surface area contributed by atoms with Crippen LogP contribution in [0.4, 0.5) is 5.69 Å². The Morgan fingerprint density at radius 2 is 2.06 bits per heavy atom. The molecule has 0 fully saturated rings. The Labute approximate surface area is 94.9 Å². The molecule has 3 N–H and O–H groups in total. The largest absolute Gasteiger partial charge is 0.479 e. The number of nitrogens with one attached hydrogen (secondary N) is 1. The van der Waals surface area contributed by atoms with Gasteiger partial charge in [0.15, 0.2) is 5.60 Å². The summed E-state index contributed by atoms with van der Waals surface area (Å²) in [5.74, 6) is -1.23. The molecule has 4 nitrogen and oxygen atoms in total. The summed E-state index contributed by atoms with van der Waals surface area (Å²) in [4.78, 5) is 10.7. The van der Waals surface area contributed by atoms with Gasteiger partial charge in [0.1, 0.15) is 0 Å². The number of carboxylic acid groups (broad SMARTS) is 1. The molecule has 0 spiro atoms. The molecule has 16 heavy (non-hydrogen) atoms. The Balaban J connectivity index is 2.71. The van der Waals surface area contributed by atoms with Gasteiger partial charge in [-0.05, 0) is 25.0 Å². The maximum Gasteiger partial charge on any atom is 0.337 e. The maximum absolute atomic E-state index is 10.7. The number of carboxylic acids is 1. The first-order valence-electron chi connectivity index (χ1n) is 5.25. The molecule has 0 saturated heterocycles. The van der Waals surface area contributed by atoms with Crippen LogP contribution in [0.2, 0.25) is 0 Å². The van der Waals surface area contributed by atoms with Gasteiger partial charge in [0.25, 0.3) is 0 Å². The lowest BCUT2D eigenvalue weighted by Crippen LogP contribution is -2.41. The maximum atomic E-state index is 10.7. The van der Waals surface area contributed by atoms with E-state index in [9.17, 15) is 9.90 Å². The minimum atomic E-state index is -1.75. The van der Waals surface area contributed by atoms with E-state index in [-0.39, 0.29) is 6.54 Å². The monoisotopic (exact) mass is 223 g/mol. The summed E-state index contributed by atoms with van der Waals surface area (Å²) in [6.45, 7) is 3.28. The highest BCUT2D eigenvalue weighted by Crippen LogP contribution is 2.16. The van der Waals surface area contributed by atoms with Gasteiger partial charge in [-0.1, -0.05) is 25.1 Å². The number of anilines is 1. The summed E-state index contributed by atoms with van der Waals surface area (Å²) in [6, 6.07) is 7.64. The Kier molecular flexibility index (Phi) is 3.90. The van der Waals surface area contributed by atoms with Gasteiger partial charge in [0.2, 0.25) is 0 Å². The zero-order valence-electron chi connectivity index (χ0n) is 9.53. The molecule has 1 atom stereocenters. The normalized spacial score (nSPS) is 14.2. The van der Waals surface area contributed by atoms with Crippen LogP contribution in [-0.2, 0) is 11.2 Å². The van der Waals surface area contributed by atoms with Crippen molar-refractivity contribution in [3.63, 3.8) is 0 Å². The smallest absolute Gasteiger partial charge is 0.337 e. The first kappa shape index (κ1) is 12.5. The van der Waals surface area contributed by atoms with Crippen molar-refractivity contribution < 1.29 is 15.0 Å². The molecule has 0 aliphatic heterocycles. The fourth-order valence-electron chi connectivity index (χ4n) is 1.34. The molecule has 0 saturated carbocycles. The van der Waals surface area contributed by atoms with E-state index >= 15 is 0 Å². The van der Waals surface area contributed by atoms with Crippen molar-refractivity contribution in [1.82, 2.24) is 0 Å². The van der Waals surface area contributed by atoms with Gasteiger partial charge in [0, 0.05) is 5.69 Å². The molecule has 1 aromatic rings. The van der Waals surface area contributed by atoms with Crippen molar-refractivity contribution >= 4 is 11.7 Å². The van der Waals surface area contributed by atoms with Gasteiger partial charge < -0.3 is 15.5 Å². The predicted molar refractivity (Wildman–Crippen MR) is 62.6 cm³/mol. The molecular formula is C12H17NO3. The highest BCUT2D eigenvalue weighted by atomic mass is 16.4. The number of hydrogen-bond donors (Lipinski definition) is 3. The predicted octanol–water partition coefficient (Wildman–Crippen LogP) is 1.50. The summed E-state index contributed by atoms with van der Waals surface area (Å²) in [5.41, 5.74) is 0.219. The van der Waals surface area contributed by atoms with Gasteiger partial charge >= 0.3 is 5.97 Å². The van der Waals surface area contributed by atoms with Crippen LogP contribution < -0.4 is 5.32 Å². The van der Waals surface area contributed by atoms with Crippen molar-refractivity contribution in [3.05, 3.63) is 29.8 Å². The second kappa shape index (κ2) is 4.99. The van der Waals surface area contributed by atoms with E-state index in [1.54, 1.807) is 0 Å². The fraction of sp³-hybridized carbons (Fsp3) is 0.417. The minimum absolute atomic E-state index is 0.0145. The van der Waals surface area contributed by atoms with E-state index < -0.39 is 11.6 Å². The number of aliphatic carboxylic acids is 1. The Bertz CT molecular complexity index is 374. The zero-order chi connectivity index (χ0) is 12.2. The Morgan fingerprint density at radius 1 is 1.44 bits per heavy atom. The summed E-state index contributed by atoms with van der Waals surface area (Å²) in [7, 11) is 0. The standard InChI is InChI=1S/C12H17NO3/c1-3-9-6-4-5-7-10(9)13-8-12(2,16)11(14)15/h4-7,13,16H,3,8H2,1-2H3,(H,14,15). The zero-order valence-corrected chi connectivity index (χ0v) is 9.53. The van der Waals surface area contributed by atoms with Gasteiger partial charge in [-0.2, -0.15) is 0 Å². The molecule has 0 aliphatic rings. The number of benzene rings is 1. The molecule has 0 amide bonds. The van der Waals surface area contributed by atoms with Crippen LogP contribution in [-0.4, -0.2) is 28.3 Å². The van der Waals surface area contributed by atoms with Crippen molar-refractivity contribution in [1.29, 1.82) is 0 Å². The van der Waals surface area contributed by atoms with Gasteiger partial charge in [-0.25, -0.2) is 4.79 Å². The lowest BCUT2D eigenvalue weighted by Gasteiger charge is -2.20. The van der Waals surface area contributed by atoms with Crippen molar-refractivity contribution in [2.75, 3.05) is 11.9 Å². The lowest BCUT2D eigenvalue weighted by atomic mass is 10.1. The number of carbonyl (C=O) groups is 1. The molecule has 0 bridgehead atoms. The summed E-state index contributed by atoms with van der Waals surface area (Å²) >= 11 is 0. The number of hydrogen-bond acceptors (Lipinski definition) is 3. The molecular weight excluding hydrogens is 206 g/mol. The molecule has 0 heterocycles. The van der Waals surface area contributed by atoms with Crippen molar-refractivity contribution in [2.24, 2.45) is 0 Å². The summed E-state index contributed by atoms with van der Waals surface area (Å²) < 4.78 is 0. The average Bonchev–Trinajstić information content (AvgIpc) is 2.26. The summed E-state index contributed by atoms with van der Waals surface area (Å²) in [6.07, 6.45) is 0.860. The van der Waals surface area contributed by atoms with E-state index in [1.165, 1.54) is 6.92 Å². The number of aryl methyl sites for hydroxylation is 1. The molecule has 1 aromatic carbocycles. The first-order chi connectivity index (χ1) is 7.47. The molecule has 0 radical (unpaired) electrons. The quantitative estimate of drug-likeness (QED) is 0.707. The van der Waals surface area contributed by atoms with Crippen LogP contribution in [0, 0.1) is 0 Å². The average molecular weight is 223 g/mol. The highest BCUT2D eigenvalue weighted by Gasteiger charge is 2.29. The fourth-order valence-corrected chi connectivity index (χ4v) is 1.34. The molecule has 0 aromatic heterocycles. The molecule has 0 aliphatic carbocycles. The van der Waals surface area contributed by atoms with E-state index in [4.69, 9.17) is 5.11 Å². The second-order valence-electron chi connectivity index (χ2n) is 3.94. The van der Waals surface area contributed by atoms with Crippen LogP contribution in [0.25, 0.3) is 0 Å². The van der Waals surface area contributed by atoms with Crippen LogP contribution in [0.3, 0.4) is 0 Å². The third-order valence-corrected chi connectivity index (χ3v) is 2.48. The van der Waals surface area contributed by atoms with Crippen LogP contribution >= 0.6 is 0 Å². The van der Waals surface area contributed by atoms with Crippen LogP contribution in [0.15, 0.2) is 24.3 Å². The van der Waals surface area contributed by atoms with E-state index in [2.05, 4.69) is 5.32 Å². The third-order valence-electron chi connectivity index (χ3n) is 2.48. The van der Waals surface area contributed by atoms with Gasteiger partial charge in [-0.3, -0.25) is 0 Å². The summed E-state index contributed by atoms with van der Waals surface area (Å²) in [5, 5.41) is 21.3. The molecule has 88 valence electrons. The Morgan fingerprint density at radius 3 is 2.62 bits per heavy atom. The van der Waals surface area contributed by atoms with Crippen molar-refractivity contribution in [2.45, 2.75) is 25.9 Å². The van der Waals surface area contributed by atoms with Crippen LogP contribution in [0.1, 0.15) is 19.4 Å². The van der Waals surface area contributed by atoms with Gasteiger partial charge in [0.05, 0.1) is 6.54 Å². The molecule has 1 unspecified atom stereocenters. The molecule has 4 heteroatoms. The third kappa shape index (κ3) is 2.97.